The van der Waals surface area contributed by atoms with Crippen LogP contribution >= 0.6 is 0 Å². The molecule has 1 atom stereocenters. The van der Waals surface area contributed by atoms with Gasteiger partial charge in [0.15, 0.2) is 0 Å². The van der Waals surface area contributed by atoms with E-state index in [1.54, 1.807) is 0 Å². The minimum Gasteiger partial charge on any atom is -0.382 e. The summed E-state index contributed by atoms with van der Waals surface area (Å²) >= 11 is 0. The monoisotopic (exact) mass is 304 g/mol. The third kappa shape index (κ3) is 4.28. The van der Waals surface area contributed by atoms with Crippen LogP contribution in [0, 0.1) is 0 Å². The largest absolute Gasteiger partial charge is 0.382 e. The Morgan fingerprint density at radius 2 is 1.26 bits per heavy atom. The van der Waals surface area contributed by atoms with Crippen LogP contribution in [0.15, 0.2) is 84.9 Å². The van der Waals surface area contributed by atoms with Gasteiger partial charge in [-0.05, 0) is 16.7 Å². The molecule has 3 N–H and O–H groups in total. The van der Waals surface area contributed by atoms with E-state index in [2.05, 4.69) is 53.8 Å². The maximum atomic E-state index is 10.2. The lowest BCUT2D eigenvalue weighted by Gasteiger charge is -2.10. The number of nitrogens with two attached hydrogens (primary N) is 1. The van der Waals surface area contributed by atoms with Crippen LogP contribution in [0.3, 0.4) is 0 Å². The molecule has 0 saturated carbocycles. The molecule has 0 aromatic heterocycles. The highest BCUT2D eigenvalue weighted by atomic mass is 16.3. The number of hydrogen-bond donors (Lipinski definition) is 2. The highest BCUT2D eigenvalue weighted by molar-refractivity contribution is 5.63. The molecular weight excluding hydrogens is 282 g/mol. The van der Waals surface area contributed by atoms with E-state index >= 15 is 0 Å². The average molecular weight is 304 g/mol. The molecule has 23 heavy (non-hydrogen) atoms. The first-order chi connectivity index (χ1) is 11.3. The summed E-state index contributed by atoms with van der Waals surface area (Å²) in [5.74, 6) is 0. The van der Waals surface area contributed by atoms with E-state index in [1.807, 2.05) is 36.4 Å². The Hall–Kier alpha value is -2.42. The molecule has 3 aromatic rings. The minimum absolute atomic E-state index is 0.417. The Bertz CT molecular complexity index is 708. The Labute approximate surface area is 137 Å². The molecule has 0 radical (unpaired) electrons. The van der Waals surface area contributed by atoms with Crippen molar-refractivity contribution in [2.75, 3.05) is 6.54 Å². The van der Waals surface area contributed by atoms with Gasteiger partial charge in [-0.1, -0.05) is 84.9 Å². The summed E-state index contributed by atoms with van der Waals surface area (Å²) in [7, 11) is 0. The van der Waals surface area contributed by atoms with Crippen LogP contribution < -0.4 is 5.32 Å². The van der Waals surface area contributed by atoms with Gasteiger partial charge in [0.05, 0.1) is 0 Å². The summed E-state index contributed by atoms with van der Waals surface area (Å²) in [6.45, 7) is 1.55. The SMILES string of the molecule is O[C@@H](C[NH2+]Cc1ccc(-c2ccccc2)cc1)c1ccccc1. The second-order valence-corrected chi connectivity index (χ2v) is 5.72. The molecule has 0 aliphatic heterocycles. The number of aliphatic hydroxyl groups is 1. The van der Waals surface area contributed by atoms with E-state index in [0.717, 1.165) is 12.1 Å². The van der Waals surface area contributed by atoms with Gasteiger partial charge in [-0.3, -0.25) is 0 Å². The van der Waals surface area contributed by atoms with Gasteiger partial charge >= 0.3 is 0 Å². The first-order valence-corrected chi connectivity index (χ1v) is 8.02. The predicted molar refractivity (Wildman–Crippen MR) is 93.8 cm³/mol. The van der Waals surface area contributed by atoms with Crippen LogP contribution in [0.1, 0.15) is 17.2 Å². The molecule has 0 bridgehead atoms. The molecular formula is C21H22NO+. The van der Waals surface area contributed by atoms with Gasteiger partial charge in [0.25, 0.3) is 0 Å². The van der Waals surface area contributed by atoms with Crippen molar-refractivity contribution in [2.45, 2.75) is 12.6 Å². The van der Waals surface area contributed by atoms with Gasteiger partial charge < -0.3 is 10.4 Å². The number of benzene rings is 3. The summed E-state index contributed by atoms with van der Waals surface area (Å²) in [4.78, 5) is 0. The third-order valence-corrected chi connectivity index (χ3v) is 4.02. The topological polar surface area (TPSA) is 36.8 Å². The Balaban J connectivity index is 1.53. The number of rotatable bonds is 6. The van der Waals surface area contributed by atoms with Crippen molar-refractivity contribution in [3.8, 4) is 11.1 Å². The van der Waals surface area contributed by atoms with Gasteiger partial charge in [0, 0.05) is 5.56 Å². The van der Waals surface area contributed by atoms with E-state index in [0.29, 0.717) is 6.54 Å². The number of quaternary nitrogens is 1. The van der Waals surface area contributed by atoms with Crippen LogP contribution in [0.25, 0.3) is 11.1 Å². The Kier molecular flexibility index (Phi) is 5.20. The maximum Gasteiger partial charge on any atom is 0.128 e. The highest BCUT2D eigenvalue weighted by Gasteiger charge is 2.08. The molecule has 0 aliphatic carbocycles. The molecule has 0 amide bonds. The van der Waals surface area contributed by atoms with Crippen LogP contribution in [0.2, 0.25) is 0 Å². The zero-order valence-corrected chi connectivity index (χ0v) is 13.1. The zero-order valence-electron chi connectivity index (χ0n) is 13.1. The van der Waals surface area contributed by atoms with Crippen LogP contribution in [-0.4, -0.2) is 11.7 Å². The Morgan fingerprint density at radius 3 is 1.91 bits per heavy atom. The lowest BCUT2D eigenvalue weighted by molar-refractivity contribution is -0.677. The van der Waals surface area contributed by atoms with Crippen molar-refractivity contribution in [3.63, 3.8) is 0 Å². The number of aliphatic hydroxyl groups excluding tert-OH is 1. The summed E-state index contributed by atoms with van der Waals surface area (Å²) in [6, 6.07) is 28.8. The molecule has 3 rings (SSSR count). The fraction of sp³-hybridized carbons (Fsp3) is 0.143. The van der Waals surface area contributed by atoms with Crippen molar-refractivity contribution in [1.82, 2.24) is 0 Å². The molecule has 2 nitrogen and oxygen atoms in total. The van der Waals surface area contributed by atoms with Gasteiger partial charge in [-0.25, -0.2) is 0 Å². The van der Waals surface area contributed by atoms with Gasteiger partial charge in [0.1, 0.15) is 19.2 Å². The molecule has 2 heteroatoms. The molecule has 0 heterocycles. The van der Waals surface area contributed by atoms with E-state index in [1.165, 1.54) is 16.7 Å². The highest BCUT2D eigenvalue weighted by Crippen LogP contribution is 2.18. The van der Waals surface area contributed by atoms with Crippen LogP contribution in [0.4, 0.5) is 0 Å². The van der Waals surface area contributed by atoms with Gasteiger partial charge in [-0.15, -0.1) is 0 Å². The molecule has 0 fully saturated rings. The first kappa shape index (κ1) is 15.5. The summed E-state index contributed by atoms with van der Waals surface area (Å²) in [5, 5.41) is 12.3. The van der Waals surface area contributed by atoms with Crippen molar-refractivity contribution in [3.05, 3.63) is 96.1 Å². The standard InChI is InChI=1S/C21H21NO/c23-21(20-9-5-2-6-10-20)16-22-15-17-11-13-19(14-12-17)18-7-3-1-4-8-18/h1-14,21-23H,15-16H2/p+1/t21-/m0/s1. The van der Waals surface area contributed by atoms with Crippen molar-refractivity contribution < 1.29 is 10.4 Å². The molecule has 0 aliphatic rings. The molecule has 0 saturated heterocycles. The molecule has 116 valence electrons. The van der Waals surface area contributed by atoms with Crippen molar-refractivity contribution in [2.24, 2.45) is 0 Å². The smallest absolute Gasteiger partial charge is 0.128 e. The quantitative estimate of drug-likeness (QED) is 0.721. The first-order valence-electron chi connectivity index (χ1n) is 8.02. The fourth-order valence-corrected chi connectivity index (χ4v) is 2.68. The molecule has 3 aromatic carbocycles. The van der Waals surface area contributed by atoms with Gasteiger partial charge in [-0.2, -0.15) is 0 Å². The lowest BCUT2D eigenvalue weighted by atomic mass is 10.0. The summed E-state index contributed by atoms with van der Waals surface area (Å²) < 4.78 is 0. The van der Waals surface area contributed by atoms with Crippen LogP contribution in [-0.2, 0) is 6.54 Å². The van der Waals surface area contributed by atoms with Crippen molar-refractivity contribution in [1.29, 1.82) is 0 Å². The second kappa shape index (κ2) is 7.73. The number of hydrogen-bond acceptors (Lipinski definition) is 1. The Morgan fingerprint density at radius 1 is 0.696 bits per heavy atom. The average Bonchev–Trinajstić information content (AvgIpc) is 2.64. The van der Waals surface area contributed by atoms with E-state index in [9.17, 15) is 5.11 Å². The predicted octanol–water partition coefficient (Wildman–Crippen LogP) is 3.15. The summed E-state index contributed by atoms with van der Waals surface area (Å²) in [6.07, 6.45) is -0.417. The van der Waals surface area contributed by atoms with E-state index < -0.39 is 6.10 Å². The molecule has 0 unspecified atom stereocenters. The lowest BCUT2D eigenvalue weighted by Crippen LogP contribution is -2.83. The third-order valence-electron chi connectivity index (χ3n) is 4.02. The minimum atomic E-state index is -0.417. The zero-order chi connectivity index (χ0) is 15.9. The van der Waals surface area contributed by atoms with Crippen molar-refractivity contribution >= 4 is 0 Å². The van der Waals surface area contributed by atoms with E-state index in [-0.39, 0.29) is 0 Å². The summed E-state index contributed by atoms with van der Waals surface area (Å²) in [5.41, 5.74) is 4.72. The normalized spacial score (nSPS) is 12.0. The van der Waals surface area contributed by atoms with Gasteiger partial charge in [0.2, 0.25) is 0 Å². The van der Waals surface area contributed by atoms with Crippen LogP contribution in [0.5, 0.6) is 0 Å². The maximum absolute atomic E-state index is 10.2. The fourth-order valence-electron chi connectivity index (χ4n) is 2.68. The van der Waals surface area contributed by atoms with E-state index in [4.69, 9.17) is 0 Å². The molecule has 0 spiro atoms. The second-order valence-electron chi connectivity index (χ2n) is 5.72.